The molecular weight excluding hydrogens is 488 g/mol. The molecule has 2 heterocycles. The molecule has 6 heteroatoms. The van der Waals surface area contributed by atoms with Gasteiger partial charge in [-0.1, -0.05) is 103 Å². The number of hydrogen-bond acceptors (Lipinski definition) is 5. The highest BCUT2D eigenvalue weighted by atomic mass is 16.5. The fraction of sp³-hybridized carbons (Fsp3) is 0.818. The molecule has 0 aromatic carbocycles. The lowest BCUT2D eigenvalue weighted by molar-refractivity contribution is -0.0184. The number of carbonyl (C=O) groups is 1. The predicted octanol–water partition coefficient (Wildman–Crippen LogP) is 8.91. The van der Waals surface area contributed by atoms with E-state index in [1.54, 1.807) is 6.20 Å². The second kappa shape index (κ2) is 24.2. The molecule has 1 fully saturated rings. The quantitative estimate of drug-likeness (QED) is 0.124. The van der Waals surface area contributed by atoms with Gasteiger partial charge in [0.25, 0.3) is 0 Å². The maximum atomic E-state index is 11.7. The Morgan fingerprint density at radius 1 is 0.821 bits per heavy atom. The topological polar surface area (TPSA) is 69.7 Å². The van der Waals surface area contributed by atoms with Crippen molar-refractivity contribution < 1.29 is 19.0 Å². The summed E-state index contributed by atoms with van der Waals surface area (Å²) in [6, 6.07) is 5.63. The third-order valence-corrected chi connectivity index (χ3v) is 7.69. The van der Waals surface area contributed by atoms with Crippen LogP contribution in [0.15, 0.2) is 24.4 Å². The van der Waals surface area contributed by atoms with Crippen molar-refractivity contribution >= 4 is 6.09 Å². The van der Waals surface area contributed by atoms with Crippen LogP contribution in [0.4, 0.5) is 4.79 Å². The van der Waals surface area contributed by atoms with E-state index >= 15 is 0 Å². The zero-order valence-corrected chi connectivity index (χ0v) is 25.0. The molecule has 0 saturated carbocycles. The van der Waals surface area contributed by atoms with Crippen molar-refractivity contribution in [1.82, 2.24) is 10.3 Å². The molecule has 1 aliphatic heterocycles. The Kier molecular flexibility index (Phi) is 20.8. The van der Waals surface area contributed by atoms with Crippen molar-refractivity contribution in [3.63, 3.8) is 0 Å². The van der Waals surface area contributed by atoms with Crippen molar-refractivity contribution in [3.05, 3.63) is 30.1 Å². The molecule has 6 nitrogen and oxygen atoms in total. The van der Waals surface area contributed by atoms with E-state index in [-0.39, 0.29) is 12.2 Å². The number of unbranched alkanes of at least 4 members (excludes halogenated alkanes) is 15. The lowest BCUT2D eigenvalue weighted by Gasteiger charge is -2.14. The summed E-state index contributed by atoms with van der Waals surface area (Å²) in [6.45, 7) is 4.65. The second-order valence-electron chi connectivity index (χ2n) is 11.3. The molecule has 0 spiro atoms. The smallest absolute Gasteiger partial charge is 0.407 e. The minimum Gasteiger partial charge on any atom is -0.450 e. The summed E-state index contributed by atoms with van der Waals surface area (Å²) in [7, 11) is 0. The predicted molar refractivity (Wildman–Crippen MR) is 160 cm³/mol. The van der Waals surface area contributed by atoms with E-state index in [2.05, 4.69) is 17.2 Å². The molecule has 1 saturated heterocycles. The Morgan fingerprint density at radius 3 is 2.10 bits per heavy atom. The first-order chi connectivity index (χ1) is 19.3. The standard InChI is InChI=1S/C33H58N2O4/c1-2-3-4-5-6-7-8-9-10-11-12-13-16-22-31-23-24-32(39-31)29-37-26-19-14-15-20-27-38-33(36)35-28-30-21-17-18-25-34-30/h17-18,21,25,31-32H,2-16,19-20,22-24,26-29H2,1H3,(H,35,36). The molecule has 39 heavy (non-hydrogen) atoms. The number of hydrogen-bond donors (Lipinski definition) is 1. The molecule has 2 rings (SSSR count). The number of rotatable bonds is 25. The van der Waals surface area contributed by atoms with Crippen LogP contribution in [0.1, 0.15) is 141 Å². The van der Waals surface area contributed by atoms with Crippen LogP contribution >= 0.6 is 0 Å². The first kappa shape index (κ1) is 33.5. The van der Waals surface area contributed by atoms with Gasteiger partial charge in [0, 0.05) is 12.8 Å². The van der Waals surface area contributed by atoms with Gasteiger partial charge in [-0.2, -0.15) is 0 Å². The molecule has 224 valence electrons. The Morgan fingerprint density at radius 2 is 1.44 bits per heavy atom. The minimum atomic E-state index is -0.382. The third-order valence-electron chi connectivity index (χ3n) is 7.69. The molecular formula is C33H58N2O4. The van der Waals surface area contributed by atoms with Crippen LogP contribution in [0.3, 0.4) is 0 Å². The number of carbonyl (C=O) groups excluding carboxylic acids is 1. The van der Waals surface area contributed by atoms with Crippen molar-refractivity contribution in [3.8, 4) is 0 Å². The number of nitrogens with zero attached hydrogens (tertiary/aromatic N) is 1. The second-order valence-corrected chi connectivity index (χ2v) is 11.3. The van der Waals surface area contributed by atoms with Gasteiger partial charge in [-0.3, -0.25) is 4.98 Å². The van der Waals surface area contributed by atoms with Crippen LogP contribution in [0, 0.1) is 0 Å². The SMILES string of the molecule is CCCCCCCCCCCCCCCC1CCC(COCCCCCCOC(=O)NCc2ccccn2)O1. The van der Waals surface area contributed by atoms with Gasteiger partial charge in [0.15, 0.2) is 0 Å². The highest BCUT2D eigenvalue weighted by Gasteiger charge is 2.24. The molecule has 0 aliphatic carbocycles. The van der Waals surface area contributed by atoms with Crippen LogP contribution in [-0.2, 0) is 20.8 Å². The van der Waals surface area contributed by atoms with Crippen LogP contribution in [0.25, 0.3) is 0 Å². The van der Waals surface area contributed by atoms with Crippen LogP contribution in [0.2, 0.25) is 0 Å². The third kappa shape index (κ3) is 19.1. The molecule has 2 atom stereocenters. The molecule has 2 unspecified atom stereocenters. The maximum Gasteiger partial charge on any atom is 0.407 e. The molecule has 1 aliphatic rings. The normalized spacial score (nSPS) is 16.9. The van der Waals surface area contributed by atoms with E-state index in [9.17, 15) is 4.79 Å². The Bertz CT molecular complexity index is 688. The summed E-state index contributed by atoms with van der Waals surface area (Å²) in [6.07, 6.45) is 28.0. The van der Waals surface area contributed by atoms with E-state index in [0.29, 0.717) is 19.3 Å². The van der Waals surface area contributed by atoms with E-state index in [1.165, 1.54) is 96.3 Å². The molecule has 1 N–H and O–H groups in total. The zero-order valence-electron chi connectivity index (χ0n) is 25.0. The lowest BCUT2D eigenvalue weighted by Crippen LogP contribution is -2.24. The summed E-state index contributed by atoms with van der Waals surface area (Å²) in [4.78, 5) is 15.9. The monoisotopic (exact) mass is 546 g/mol. The van der Waals surface area contributed by atoms with Crippen molar-refractivity contribution in [2.45, 2.75) is 154 Å². The van der Waals surface area contributed by atoms with Crippen molar-refractivity contribution in [1.29, 1.82) is 0 Å². The van der Waals surface area contributed by atoms with Gasteiger partial charge in [0.05, 0.1) is 37.7 Å². The number of aromatic nitrogens is 1. The Balaban J connectivity index is 1.28. The molecule has 1 aromatic heterocycles. The van der Waals surface area contributed by atoms with Crippen molar-refractivity contribution in [2.75, 3.05) is 19.8 Å². The summed E-state index contributed by atoms with van der Waals surface area (Å²) in [5.74, 6) is 0. The highest BCUT2D eigenvalue weighted by Crippen LogP contribution is 2.24. The fourth-order valence-corrected chi connectivity index (χ4v) is 5.26. The van der Waals surface area contributed by atoms with Gasteiger partial charge >= 0.3 is 6.09 Å². The summed E-state index contributed by atoms with van der Waals surface area (Å²) < 4.78 is 17.3. The average Bonchev–Trinajstić information content (AvgIpc) is 3.41. The first-order valence-corrected chi connectivity index (χ1v) is 16.3. The number of amides is 1. The van der Waals surface area contributed by atoms with Gasteiger partial charge in [-0.05, 0) is 50.7 Å². The maximum absolute atomic E-state index is 11.7. The number of pyridine rings is 1. The minimum absolute atomic E-state index is 0.287. The number of nitrogens with one attached hydrogen (secondary N) is 1. The van der Waals surface area contributed by atoms with Gasteiger partial charge in [-0.25, -0.2) is 4.79 Å². The number of ether oxygens (including phenoxy) is 3. The van der Waals surface area contributed by atoms with E-state index < -0.39 is 0 Å². The first-order valence-electron chi connectivity index (χ1n) is 16.3. The molecule has 0 bridgehead atoms. The molecule has 1 aromatic rings. The molecule has 0 radical (unpaired) electrons. The average molecular weight is 547 g/mol. The highest BCUT2D eigenvalue weighted by molar-refractivity contribution is 5.67. The summed E-state index contributed by atoms with van der Waals surface area (Å²) in [5.41, 5.74) is 0.822. The van der Waals surface area contributed by atoms with Gasteiger partial charge < -0.3 is 19.5 Å². The zero-order chi connectivity index (χ0) is 27.6. The summed E-state index contributed by atoms with van der Waals surface area (Å²) >= 11 is 0. The fourth-order valence-electron chi connectivity index (χ4n) is 5.26. The Hall–Kier alpha value is -1.66. The van der Waals surface area contributed by atoms with Crippen LogP contribution < -0.4 is 5.32 Å². The lowest BCUT2D eigenvalue weighted by atomic mass is 10.0. The van der Waals surface area contributed by atoms with Gasteiger partial charge in [0.2, 0.25) is 0 Å². The van der Waals surface area contributed by atoms with Crippen LogP contribution in [0.5, 0.6) is 0 Å². The van der Waals surface area contributed by atoms with Crippen molar-refractivity contribution in [2.24, 2.45) is 0 Å². The van der Waals surface area contributed by atoms with E-state index in [0.717, 1.165) is 51.0 Å². The van der Waals surface area contributed by atoms with Crippen LogP contribution in [-0.4, -0.2) is 43.1 Å². The van der Waals surface area contributed by atoms with Gasteiger partial charge in [0.1, 0.15) is 0 Å². The number of alkyl carbamates (subject to hydrolysis) is 1. The van der Waals surface area contributed by atoms with Gasteiger partial charge in [-0.15, -0.1) is 0 Å². The van der Waals surface area contributed by atoms with E-state index in [1.807, 2.05) is 18.2 Å². The largest absolute Gasteiger partial charge is 0.450 e. The Labute approximate surface area is 239 Å². The molecule has 1 amide bonds. The summed E-state index contributed by atoms with van der Waals surface area (Å²) in [5, 5.41) is 2.72. The van der Waals surface area contributed by atoms with E-state index in [4.69, 9.17) is 14.2 Å².